The van der Waals surface area contributed by atoms with Crippen molar-refractivity contribution in [2.75, 3.05) is 19.7 Å². The molecule has 0 spiro atoms. The van der Waals surface area contributed by atoms with Crippen molar-refractivity contribution < 1.29 is 4.74 Å². The molecule has 2 rings (SSSR count). The number of hydrogen-bond donors (Lipinski definition) is 1. The van der Waals surface area contributed by atoms with Crippen LogP contribution in [-0.4, -0.2) is 31.2 Å². The highest BCUT2D eigenvalue weighted by molar-refractivity contribution is 6.20. The van der Waals surface area contributed by atoms with Crippen molar-refractivity contribution in [1.29, 1.82) is 0 Å². The number of hydrogen-bond acceptors (Lipinski definition) is 2. The Labute approximate surface area is 97.7 Å². The molecule has 15 heavy (non-hydrogen) atoms. The standard InChI is InChI=1S/C12H22ClNO/c13-12-6-2-1-4-10(12)8-14-9-11-5-3-7-15-11/h10-12,14H,1-9H2. The molecule has 0 amide bonds. The molecular weight excluding hydrogens is 210 g/mol. The molecule has 88 valence electrons. The van der Waals surface area contributed by atoms with Gasteiger partial charge in [-0.05, 0) is 38.1 Å². The molecule has 1 saturated carbocycles. The van der Waals surface area contributed by atoms with E-state index in [0.29, 0.717) is 17.4 Å². The second kappa shape index (κ2) is 6.07. The zero-order valence-electron chi connectivity index (χ0n) is 9.38. The Morgan fingerprint density at radius 1 is 1.07 bits per heavy atom. The summed E-state index contributed by atoms with van der Waals surface area (Å²) in [5.74, 6) is 0.682. The molecule has 2 aliphatic rings. The summed E-state index contributed by atoms with van der Waals surface area (Å²) < 4.78 is 5.57. The Morgan fingerprint density at radius 3 is 2.67 bits per heavy atom. The van der Waals surface area contributed by atoms with E-state index in [0.717, 1.165) is 19.7 Å². The van der Waals surface area contributed by atoms with Gasteiger partial charge in [-0.2, -0.15) is 0 Å². The van der Waals surface area contributed by atoms with Crippen LogP contribution in [0.2, 0.25) is 0 Å². The van der Waals surface area contributed by atoms with Crippen LogP contribution in [0.1, 0.15) is 38.5 Å². The maximum absolute atomic E-state index is 6.31. The molecule has 0 aromatic rings. The molecule has 1 aliphatic heterocycles. The average Bonchev–Trinajstić information content (AvgIpc) is 2.74. The predicted molar refractivity (Wildman–Crippen MR) is 63.4 cm³/mol. The maximum atomic E-state index is 6.31. The van der Waals surface area contributed by atoms with Gasteiger partial charge in [0.15, 0.2) is 0 Å². The molecule has 0 aromatic heterocycles. The molecule has 3 unspecified atom stereocenters. The number of halogens is 1. The summed E-state index contributed by atoms with van der Waals surface area (Å²) in [6.45, 7) is 3.04. The fourth-order valence-corrected chi connectivity index (χ4v) is 3.00. The van der Waals surface area contributed by atoms with Gasteiger partial charge in [-0.3, -0.25) is 0 Å². The van der Waals surface area contributed by atoms with Gasteiger partial charge in [0.25, 0.3) is 0 Å². The van der Waals surface area contributed by atoms with E-state index >= 15 is 0 Å². The third kappa shape index (κ3) is 3.61. The number of nitrogens with one attached hydrogen (secondary N) is 1. The average molecular weight is 232 g/mol. The molecule has 2 nitrogen and oxygen atoms in total. The molecule has 0 radical (unpaired) electrons. The largest absolute Gasteiger partial charge is 0.377 e. The molecule has 1 saturated heterocycles. The van der Waals surface area contributed by atoms with Crippen molar-refractivity contribution in [3.8, 4) is 0 Å². The van der Waals surface area contributed by atoms with Crippen LogP contribution in [-0.2, 0) is 4.74 Å². The fraction of sp³-hybridized carbons (Fsp3) is 1.00. The van der Waals surface area contributed by atoms with Crippen molar-refractivity contribution in [3.05, 3.63) is 0 Å². The third-order valence-corrected chi connectivity index (χ3v) is 4.19. The molecule has 1 heterocycles. The first-order chi connectivity index (χ1) is 7.36. The van der Waals surface area contributed by atoms with Crippen LogP contribution in [0.5, 0.6) is 0 Å². The lowest BCUT2D eigenvalue weighted by atomic mass is 9.89. The van der Waals surface area contributed by atoms with E-state index in [4.69, 9.17) is 16.3 Å². The van der Waals surface area contributed by atoms with Crippen LogP contribution >= 0.6 is 11.6 Å². The fourth-order valence-electron chi connectivity index (χ4n) is 2.63. The highest BCUT2D eigenvalue weighted by Gasteiger charge is 2.23. The summed E-state index contributed by atoms with van der Waals surface area (Å²) in [7, 11) is 0. The Balaban J connectivity index is 1.59. The molecule has 1 aliphatic carbocycles. The quantitative estimate of drug-likeness (QED) is 0.751. The SMILES string of the molecule is ClC1CCCCC1CNCC1CCCO1. The predicted octanol–water partition coefficient (Wildman–Crippen LogP) is 2.55. The van der Waals surface area contributed by atoms with Gasteiger partial charge in [0.1, 0.15) is 0 Å². The second-order valence-corrected chi connectivity index (χ2v) is 5.41. The Hall–Kier alpha value is 0.210. The minimum Gasteiger partial charge on any atom is -0.377 e. The van der Waals surface area contributed by atoms with Crippen LogP contribution in [0, 0.1) is 5.92 Å². The second-order valence-electron chi connectivity index (χ2n) is 4.85. The molecule has 1 N–H and O–H groups in total. The van der Waals surface area contributed by atoms with E-state index in [1.807, 2.05) is 0 Å². The van der Waals surface area contributed by atoms with Crippen LogP contribution in [0.4, 0.5) is 0 Å². The lowest BCUT2D eigenvalue weighted by molar-refractivity contribution is 0.108. The van der Waals surface area contributed by atoms with Gasteiger partial charge in [0, 0.05) is 18.5 Å². The number of alkyl halides is 1. The molecule has 3 heteroatoms. The Bertz CT molecular complexity index is 182. The van der Waals surface area contributed by atoms with Gasteiger partial charge in [0.2, 0.25) is 0 Å². The van der Waals surface area contributed by atoms with Crippen molar-refractivity contribution in [3.63, 3.8) is 0 Å². The maximum Gasteiger partial charge on any atom is 0.0700 e. The van der Waals surface area contributed by atoms with Crippen molar-refractivity contribution >= 4 is 11.6 Å². The zero-order valence-corrected chi connectivity index (χ0v) is 10.1. The van der Waals surface area contributed by atoms with Crippen molar-refractivity contribution in [1.82, 2.24) is 5.32 Å². The number of ether oxygens (including phenoxy) is 1. The van der Waals surface area contributed by atoms with Gasteiger partial charge < -0.3 is 10.1 Å². The summed E-state index contributed by atoms with van der Waals surface area (Å²) >= 11 is 6.31. The minimum atomic E-state index is 0.399. The minimum absolute atomic E-state index is 0.399. The van der Waals surface area contributed by atoms with E-state index < -0.39 is 0 Å². The summed E-state index contributed by atoms with van der Waals surface area (Å²) in [5.41, 5.74) is 0. The van der Waals surface area contributed by atoms with E-state index in [1.165, 1.54) is 38.5 Å². The summed E-state index contributed by atoms with van der Waals surface area (Å²) in [5, 5.41) is 3.92. The van der Waals surface area contributed by atoms with E-state index in [2.05, 4.69) is 5.32 Å². The third-order valence-electron chi connectivity index (χ3n) is 3.62. The monoisotopic (exact) mass is 231 g/mol. The summed E-state index contributed by atoms with van der Waals surface area (Å²) in [6.07, 6.45) is 8.09. The van der Waals surface area contributed by atoms with Gasteiger partial charge in [-0.25, -0.2) is 0 Å². The molecular formula is C12H22ClNO. The molecule has 0 bridgehead atoms. The molecule has 0 aromatic carbocycles. The lowest BCUT2D eigenvalue weighted by Gasteiger charge is -2.27. The van der Waals surface area contributed by atoms with Gasteiger partial charge >= 0.3 is 0 Å². The highest BCUT2D eigenvalue weighted by atomic mass is 35.5. The van der Waals surface area contributed by atoms with Crippen molar-refractivity contribution in [2.45, 2.75) is 50.0 Å². The van der Waals surface area contributed by atoms with Gasteiger partial charge in [0.05, 0.1) is 6.10 Å². The first-order valence-corrected chi connectivity index (χ1v) is 6.76. The summed E-state index contributed by atoms with van der Waals surface area (Å²) in [6, 6.07) is 0. The molecule has 2 fully saturated rings. The lowest BCUT2D eigenvalue weighted by Crippen LogP contribution is -2.35. The highest BCUT2D eigenvalue weighted by Crippen LogP contribution is 2.28. The van der Waals surface area contributed by atoms with Crippen LogP contribution < -0.4 is 5.32 Å². The van der Waals surface area contributed by atoms with E-state index in [1.54, 1.807) is 0 Å². The van der Waals surface area contributed by atoms with E-state index in [-0.39, 0.29) is 0 Å². The van der Waals surface area contributed by atoms with Gasteiger partial charge in [-0.1, -0.05) is 12.8 Å². The first-order valence-electron chi connectivity index (χ1n) is 6.32. The van der Waals surface area contributed by atoms with Gasteiger partial charge in [-0.15, -0.1) is 11.6 Å². The summed E-state index contributed by atoms with van der Waals surface area (Å²) in [4.78, 5) is 0. The molecule has 3 atom stereocenters. The zero-order chi connectivity index (χ0) is 10.5. The smallest absolute Gasteiger partial charge is 0.0700 e. The van der Waals surface area contributed by atoms with Crippen LogP contribution in [0.25, 0.3) is 0 Å². The van der Waals surface area contributed by atoms with Crippen LogP contribution in [0.3, 0.4) is 0 Å². The Kier molecular flexibility index (Phi) is 4.73. The topological polar surface area (TPSA) is 21.3 Å². The van der Waals surface area contributed by atoms with E-state index in [9.17, 15) is 0 Å². The van der Waals surface area contributed by atoms with Crippen LogP contribution in [0.15, 0.2) is 0 Å². The first kappa shape index (κ1) is 11.7. The Morgan fingerprint density at radius 2 is 1.93 bits per heavy atom. The normalized spacial score (nSPS) is 37.0. The van der Waals surface area contributed by atoms with Crippen molar-refractivity contribution in [2.24, 2.45) is 5.92 Å². The number of rotatable bonds is 4.